The zero-order chi connectivity index (χ0) is 15.6. The molecule has 1 aromatic heterocycles. The van der Waals surface area contributed by atoms with E-state index in [2.05, 4.69) is 5.16 Å². The molecule has 0 bridgehead atoms. The SMILES string of the molecule is CCc1ccc(S(=O)(=O)Cc2cc(C)no2)cc1C(=O)O. The fourth-order valence-electron chi connectivity index (χ4n) is 2.01. The number of aromatic nitrogens is 1. The van der Waals surface area contributed by atoms with Crippen molar-refractivity contribution in [2.24, 2.45) is 0 Å². The predicted octanol–water partition coefficient (Wildman–Crippen LogP) is 2.22. The topological polar surface area (TPSA) is 97.5 Å². The van der Waals surface area contributed by atoms with E-state index in [0.717, 1.165) is 0 Å². The van der Waals surface area contributed by atoms with Crippen molar-refractivity contribution in [1.29, 1.82) is 0 Å². The van der Waals surface area contributed by atoms with Crippen LogP contribution in [0.4, 0.5) is 0 Å². The Morgan fingerprint density at radius 2 is 2.05 bits per heavy atom. The molecule has 0 fully saturated rings. The summed E-state index contributed by atoms with van der Waals surface area (Å²) >= 11 is 0. The van der Waals surface area contributed by atoms with E-state index in [1.54, 1.807) is 6.92 Å². The van der Waals surface area contributed by atoms with Crippen molar-refractivity contribution in [2.45, 2.75) is 30.9 Å². The quantitative estimate of drug-likeness (QED) is 0.909. The van der Waals surface area contributed by atoms with Crippen molar-refractivity contribution in [1.82, 2.24) is 5.16 Å². The fourth-order valence-corrected chi connectivity index (χ4v) is 3.26. The first kappa shape index (κ1) is 15.2. The van der Waals surface area contributed by atoms with E-state index in [-0.39, 0.29) is 22.0 Å². The Kier molecular flexibility index (Phi) is 4.13. The van der Waals surface area contributed by atoms with Crippen molar-refractivity contribution in [3.63, 3.8) is 0 Å². The van der Waals surface area contributed by atoms with Gasteiger partial charge in [-0.05, 0) is 31.0 Å². The van der Waals surface area contributed by atoms with E-state index in [0.29, 0.717) is 17.7 Å². The van der Waals surface area contributed by atoms with Crippen molar-refractivity contribution >= 4 is 15.8 Å². The first-order chi connectivity index (χ1) is 9.83. The molecule has 0 amide bonds. The van der Waals surface area contributed by atoms with Crippen molar-refractivity contribution in [2.75, 3.05) is 0 Å². The molecule has 0 radical (unpaired) electrons. The van der Waals surface area contributed by atoms with E-state index in [9.17, 15) is 13.2 Å². The van der Waals surface area contributed by atoms with Gasteiger partial charge >= 0.3 is 5.97 Å². The second-order valence-electron chi connectivity index (χ2n) is 4.67. The molecule has 6 nitrogen and oxygen atoms in total. The van der Waals surface area contributed by atoms with Crippen LogP contribution in [-0.2, 0) is 22.0 Å². The van der Waals surface area contributed by atoms with E-state index in [4.69, 9.17) is 9.63 Å². The highest BCUT2D eigenvalue weighted by Gasteiger charge is 2.21. The van der Waals surface area contributed by atoms with Crippen molar-refractivity contribution in [3.8, 4) is 0 Å². The molecule has 0 saturated carbocycles. The lowest BCUT2D eigenvalue weighted by atomic mass is 10.1. The highest BCUT2D eigenvalue weighted by Crippen LogP contribution is 2.21. The monoisotopic (exact) mass is 309 g/mol. The summed E-state index contributed by atoms with van der Waals surface area (Å²) in [6.07, 6.45) is 0.517. The van der Waals surface area contributed by atoms with Gasteiger partial charge in [0.1, 0.15) is 5.75 Å². The Balaban J connectivity index is 2.40. The van der Waals surface area contributed by atoms with E-state index in [1.165, 1.54) is 24.3 Å². The second kappa shape index (κ2) is 5.69. The maximum atomic E-state index is 12.3. The van der Waals surface area contributed by atoms with Gasteiger partial charge in [-0.25, -0.2) is 13.2 Å². The van der Waals surface area contributed by atoms with Gasteiger partial charge in [0.15, 0.2) is 15.6 Å². The van der Waals surface area contributed by atoms with Gasteiger partial charge in [-0.3, -0.25) is 0 Å². The zero-order valence-corrected chi connectivity index (χ0v) is 12.5. The fraction of sp³-hybridized carbons (Fsp3) is 0.286. The number of sulfone groups is 1. The van der Waals surface area contributed by atoms with Crippen LogP contribution in [0, 0.1) is 6.92 Å². The first-order valence-corrected chi connectivity index (χ1v) is 8.00. The summed E-state index contributed by atoms with van der Waals surface area (Å²) in [5, 5.41) is 12.8. The Morgan fingerprint density at radius 1 is 1.33 bits per heavy atom. The summed E-state index contributed by atoms with van der Waals surface area (Å²) in [6.45, 7) is 3.51. The highest BCUT2D eigenvalue weighted by atomic mass is 32.2. The Labute approximate surface area is 122 Å². The Morgan fingerprint density at radius 3 is 2.57 bits per heavy atom. The summed E-state index contributed by atoms with van der Waals surface area (Å²) in [7, 11) is -3.68. The van der Waals surface area contributed by atoms with E-state index < -0.39 is 15.8 Å². The third-order valence-corrected chi connectivity index (χ3v) is 4.70. The molecule has 0 aliphatic carbocycles. The molecule has 112 valence electrons. The third kappa shape index (κ3) is 3.30. The molecule has 1 heterocycles. The maximum Gasteiger partial charge on any atom is 0.336 e. The van der Waals surface area contributed by atoms with Gasteiger partial charge in [-0.1, -0.05) is 18.1 Å². The largest absolute Gasteiger partial charge is 0.478 e. The van der Waals surface area contributed by atoms with Crippen LogP contribution in [0.1, 0.15) is 34.3 Å². The number of hydrogen-bond acceptors (Lipinski definition) is 5. The van der Waals surface area contributed by atoms with Crippen LogP contribution >= 0.6 is 0 Å². The molecule has 1 N–H and O–H groups in total. The standard InChI is InChI=1S/C14H15NO5S/c1-3-10-4-5-12(7-13(10)14(16)17)21(18,19)8-11-6-9(2)15-20-11/h4-7H,3,8H2,1-2H3,(H,16,17). The van der Waals surface area contributed by atoms with Crippen molar-refractivity contribution < 1.29 is 22.8 Å². The highest BCUT2D eigenvalue weighted by molar-refractivity contribution is 7.90. The number of rotatable bonds is 5. The zero-order valence-electron chi connectivity index (χ0n) is 11.7. The van der Waals surface area contributed by atoms with Crippen molar-refractivity contribution in [3.05, 3.63) is 46.8 Å². The number of aryl methyl sites for hydroxylation is 2. The van der Waals surface area contributed by atoms with Gasteiger partial charge in [0.2, 0.25) is 0 Å². The second-order valence-corrected chi connectivity index (χ2v) is 6.66. The normalized spacial score (nSPS) is 11.5. The van der Waals surface area contributed by atoms with Gasteiger partial charge in [-0.15, -0.1) is 0 Å². The predicted molar refractivity (Wildman–Crippen MR) is 74.9 cm³/mol. The van der Waals surface area contributed by atoms with Gasteiger partial charge in [0.25, 0.3) is 0 Å². The Hall–Kier alpha value is -2.15. The van der Waals surface area contributed by atoms with Crippen LogP contribution in [0.2, 0.25) is 0 Å². The van der Waals surface area contributed by atoms with Crippen LogP contribution in [0.25, 0.3) is 0 Å². The number of carbonyl (C=O) groups is 1. The average molecular weight is 309 g/mol. The number of nitrogens with zero attached hydrogens (tertiary/aromatic N) is 1. The molecule has 0 saturated heterocycles. The van der Waals surface area contributed by atoms with Crippen LogP contribution < -0.4 is 0 Å². The van der Waals surface area contributed by atoms with Gasteiger partial charge in [0.05, 0.1) is 16.2 Å². The lowest BCUT2D eigenvalue weighted by Gasteiger charge is -2.07. The third-order valence-electron chi connectivity index (χ3n) is 3.06. The molecule has 0 spiro atoms. The number of carboxylic acids is 1. The molecule has 0 aliphatic heterocycles. The summed E-state index contributed by atoms with van der Waals surface area (Å²) in [5.74, 6) is -1.26. The summed E-state index contributed by atoms with van der Waals surface area (Å²) in [6, 6.07) is 5.68. The van der Waals surface area contributed by atoms with Crippen LogP contribution in [0.5, 0.6) is 0 Å². The smallest absolute Gasteiger partial charge is 0.336 e. The maximum absolute atomic E-state index is 12.3. The van der Waals surface area contributed by atoms with E-state index in [1.807, 2.05) is 6.92 Å². The molecule has 1 aromatic carbocycles. The molecule has 0 unspecified atom stereocenters. The number of aromatic carboxylic acids is 1. The number of hydrogen-bond donors (Lipinski definition) is 1. The minimum atomic E-state index is -3.68. The van der Waals surface area contributed by atoms with E-state index >= 15 is 0 Å². The number of carboxylic acid groups (broad SMARTS) is 1. The molecule has 0 atom stereocenters. The van der Waals surface area contributed by atoms with Crippen LogP contribution in [0.3, 0.4) is 0 Å². The molecule has 2 aromatic rings. The average Bonchev–Trinajstić information content (AvgIpc) is 2.82. The van der Waals surface area contributed by atoms with Gasteiger partial charge < -0.3 is 9.63 Å². The summed E-state index contributed by atoms with van der Waals surface area (Å²) in [4.78, 5) is 11.2. The van der Waals surface area contributed by atoms with Crippen LogP contribution in [-0.4, -0.2) is 24.7 Å². The first-order valence-electron chi connectivity index (χ1n) is 6.34. The molecule has 7 heteroatoms. The Bertz CT molecular complexity index is 776. The lowest BCUT2D eigenvalue weighted by molar-refractivity contribution is 0.0695. The minimum absolute atomic E-state index is 0.00678. The summed E-state index contributed by atoms with van der Waals surface area (Å²) in [5.41, 5.74) is 1.19. The summed E-state index contributed by atoms with van der Waals surface area (Å²) < 4.78 is 29.5. The van der Waals surface area contributed by atoms with Gasteiger partial charge in [-0.2, -0.15) is 0 Å². The molecule has 2 rings (SSSR count). The molecular formula is C14H15NO5S. The molecule has 21 heavy (non-hydrogen) atoms. The molecule has 0 aliphatic rings. The number of benzene rings is 1. The van der Waals surface area contributed by atoms with Gasteiger partial charge in [0, 0.05) is 6.07 Å². The van der Waals surface area contributed by atoms with Crippen LogP contribution in [0.15, 0.2) is 33.7 Å². The lowest BCUT2D eigenvalue weighted by Crippen LogP contribution is -2.08. The molecular weight excluding hydrogens is 294 g/mol. The minimum Gasteiger partial charge on any atom is -0.478 e.